The average molecular weight is 569 g/mol. The van der Waals surface area contributed by atoms with Crippen LogP contribution < -0.4 is 5.73 Å². The molecule has 0 bridgehead atoms. The second-order valence-corrected chi connectivity index (χ2v) is 6.45. The van der Waals surface area contributed by atoms with Gasteiger partial charge in [-0.1, -0.05) is 35.6 Å². The molecule has 39 heavy (non-hydrogen) atoms. The maximum atomic E-state index is 7.98. The van der Waals surface area contributed by atoms with Gasteiger partial charge >= 0.3 is 0 Å². The van der Waals surface area contributed by atoms with Gasteiger partial charge in [0.05, 0.1) is 85.9 Å². The first-order valence-electron chi connectivity index (χ1n) is 12.6. The van der Waals surface area contributed by atoms with Crippen LogP contribution in [0.5, 0.6) is 0 Å². The van der Waals surface area contributed by atoms with Crippen molar-refractivity contribution in [2.24, 2.45) is 21.1 Å². The van der Waals surface area contributed by atoms with E-state index in [9.17, 15) is 0 Å². The molecule has 0 rings (SSSR count). The first-order valence-corrected chi connectivity index (χ1v) is 12.6. The Morgan fingerprint density at radius 3 is 0.974 bits per heavy atom. The zero-order chi connectivity index (χ0) is 29.9. The molecule has 0 amide bonds. The van der Waals surface area contributed by atoms with Gasteiger partial charge in [0.15, 0.2) is 0 Å². The molecule has 18 heteroatoms. The number of rotatable bonds is 24. The molecule has 18 nitrogen and oxygen atoms in total. The number of hydrogen-bond acceptors (Lipinski definition) is 12. The van der Waals surface area contributed by atoms with E-state index in [1.54, 1.807) is 6.92 Å². The van der Waals surface area contributed by atoms with E-state index in [4.69, 9.17) is 56.0 Å². The topological polar surface area (TPSA) is 257 Å². The Labute approximate surface area is 230 Å². The van der Waals surface area contributed by atoms with Gasteiger partial charge < -0.3 is 34.2 Å². The zero-order valence-corrected chi connectivity index (χ0v) is 23.6. The second kappa shape index (κ2) is 52.1. The standard InChI is InChI=1S/C8H16N6O3.C8H18N4O3.C3H8.C2H6O2/c9-13-11-1-3-15-5-7-17-8-6-16-4-2-12-14-10;9-1-3-13-5-7-15-8-6-14-4-2-11-12-10;1-3-2;1-2-4-3/h1-8H2;1-9H2;3H2,1-2H3;3H,2H2,1H3. The number of azide groups is 3. The van der Waals surface area contributed by atoms with Gasteiger partial charge in [0, 0.05) is 40.9 Å². The van der Waals surface area contributed by atoms with E-state index >= 15 is 0 Å². The molecular formula is C21H48N10O8. The first kappa shape index (κ1) is 43.6. The average Bonchev–Trinajstić information content (AvgIpc) is 2.95. The second-order valence-electron chi connectivity index (χ2n) is 6.45. The van der Waals surface area contributed by atoms with Gasteiger partial charge in [-0.05, 0) is 23.5 Å². The van der Waals surface area contributed by atoms with Crippen LogP contribution in [0.3, 0.4) is 0 Å². The van der Waals surface area contributed by atoms with Crippen molar-refractivity contribution in [2.45, 2.75) is 27.2 Å². The highest BCUT2D eigenvalue weighted by Gasteiger charge is 1.91. The Morgan fingerprint density at radius 1 is 0.538 bits per heavy atom. The van der Waals surface area contributed by atoms with Crippen LogP contribution >= 0.6 is 0 Å². The molecule has 230 valence electrons. The Morgan fingerprint density at radius 2 is 0.769 bits per heavy atom. The van der Waals surface area contributed by atoms with Crippen molar-refractivity contribution in [2.75, 3.05) is 112 Å². The van der Waals surface area contributed by atoms with Gasteiger partial charge in [-0.15, -0.1) is 0 Å². The number of ether oxygens (including phenoxy) is 6. The SMILES string of the molecule is CCC.CCOO.[N-]=[N+]=NCCOCCOCCOCCN.[N-]=[N+]=NCCOCCOCCOCCN=[N+]=[N-]. The van der Waals surface area contributed by atoms with Crippen LogP contribution in [0.15, 0.2) is 15.3 Å². The summed E-state index contributed by atoms with van der Waals surface area (Å²) in [6, 6.07) is 0. The Balaban J connectivity index is -0.000000254. The molecule has 0 aromatic carbocycles. The van der Waals surface area contributed by atoms with Crippen LogP contribution in [0.2, 0.25) is 0 Å². The normalized spacial score (nSPS) is 9.15. The molecule has 0 saturated carbocycles. The minimum absolute atomic E-state index is 0.332. The predicted molar refractivity (Wildman–Crippen MR) is 146 cm³/mol. The Kier molecular flexibility index (Phi) is 58.2. The maximum Gasteiger partial charge on any atom is 0.0791 e. The predicted octanol–water partition coefficient (Wildman–Crippen LogP) is 3.87. The van der Waals surface area contributed by atoms with Crippen LogP contribution in [0.25, 0.3) is 31.3 Å². The lowest BCUT2D eigenvalue weighted by Gasteiger charge is -2.05. The van der Waals surface area contributed by atoms with Gasteiger partial charge in [-0.3, -0.25) is 5.26 Å². The number of hydrogen-bond donors (Lipinski definition) is 2. The van der Waals surface area contributed by atoms with Gasteiger partial charge in [-0.25, -0.2) is 4.89 Å². The highest BCUT2D eigenvalue weighted by molar-refractivity contribution is 4.46. The van der Waals surface area contributed by atoms with Crippen molar-refractivity contribution in [1.29, 1.82) is 0 Å². The summed E-state index contributed by atoms with van der Waals surface area (Å²) in [5.74, 6) is 0. The highest BCUT2D eigenvalue weighted by atomic mass is 17.1. The molecule has 0 saturated heterocycles. The molecule has 0 fully saturated rings. The third kappa shape index (κ3) is 66.4. The minimum Gasteiger partial charge on any atom is -0.379 e. The van der Waals surface area contributed by atoms with Gasteiger partial charge in [0.25, 0.3) is 0 Å². The summed E-state index contributed by atoms with van der Waals surface area (Å²) in [4.78, 5) is 11.3. The van der Waals surface area contributed by atoms with E-state index in [1.165, 1.54) is 6.42 Å². The van der Waals surface area contributed by atoms with E-state index in [1.807, 2.05) is 0 Å². The van der Waals surface area contributed by atoms with Crippen molar-refractivity contribution < 1.29 is 38.6 Å². The van der Waals surface area contributed by atoms with Crippen molar-refractivity contribution in [3.63, 3.8) is 0 Å². The summed E-state index contributed by atoms with van der Waals surface area (Å²) in [5, 5.41) is 17.3. The summed E-state index contributed by atoms with van der Waals surface area (Å²) < 4.78 is 30.8. The van der Waals surface area contributed by atoms with Crippen molar-refractivity contribution in [1.82, 2.24) is 0 Å². The van der Waals surface area contributed by atoms with Gasteiger partial charge in [-0.2, -0.15) is 0 Å². The molecule has 3 N–H and O–H groups in total. The van der Waals surface area contributed by atoms with E-state index in [0.717, 1.165) is 0 Å². The Hall–Kier alpha value is -2.43. The van der Waals surface area contributed by atoms with Gasteiger partial charge in [0.2, 0.25) is 0 Å². The van der Waals surface area contributed by atoms with E-state index < -0.39 is 0 Å². The molecule has 0 unspecified atom stereocenters. The quantitative estimate of drug-likeness (QED) is 0.0426. The number of nitrogens with zero attached hydrogens (tertiary/aromatic N) is 9. The van der Waals surface area contributed by atoms with Crippen LogP contribution in [0.4, 0.5) is 0 Å². The summed E-state index contributed by atoms with van der Waals surface area (Å²) in [6.07, 6.45) is 1.25. The summed E-state index contributed by atoms with van der Waals surface area (Å²) in [5.41, 5.74) is 29.2. The summed E-state index contributed by atoms with van der Waals surface area (Å²) in [6.45, 7) is 13.6. The fraction of sp³-hybridized carbons (Fsp3) is 1.00. The van der Waals surface area contributed by atoms with Crippen LogP contribution in [-0.4, -0.2) is 117 Å². The van der Waals surface area contributed by atoms with E-state index in [0.29, 0.717) is 112 Å². The smallest absolute Gasteiger partial charge is 0.0791 e. The first-order chi connectivity index (χ1) is 19.2. The largest absolute Gasteiger partial charge is 0.379 e. The van der Waals surface area contributed by atoms with Crippen LogP contribution in [0.1, 0.15) is 27.2 Å². The molecule has 0 aliphatic heterocycles. The zero-order valence-electron chi connectivity index (χ0n) is 23.6. The summed E-state index contributed by atoms with van der Waals surface area (Å²) >= 11 is 0. The lowest BCUT2D eigenvalue weighted by atomic mass is 10.6. The Bertz CT molecular complexity index is 549. The molecule has 0 aliphatic carbocycles. The third-order valence-corrected chi connectivity index (χ3v) is 3.08. The molecule has 0 aliphatic rings. The maximum absolute atomic E-state index is 7.98. The van der Waals surface area contributed by atoms with Crippen molar-refractivity contribution in [3.8, 4) is 0 Å². The molecule has 0 atom stereocenters. The van der Waals surface area contributed by atoms with Crippen LogP contribution in [0, 0.1) is 0 Å². The van der Waals surface area contributed by atoms with Crippen LogP contribution in [-0.2, 0) is 33.3 Å². The van der Waals surface area contributed by atoms with E-state index in [2.05, 4.69) is 48.8 Å². The van der Waals surface area contributed by atoms with Crippen molar-refractivity contribution in [3.05, 3.63) is 31.3 Å². The molecule has 0 radical (unpaired) electrons. The fourth-order valence-electron chi connectivity index (χ4n) is 1.62. The molecule has 0 aromatic heterocycles. The monoisotopic (exact) mass is 568 g/mol. The fourth-order valence-corrected chi connectivity index (χ4v) is 1.62. The van der Waals surface area contributed by atoms with Crippen molar-refractivity contribution >= 4 is 0 Å². The number of nitrogens with two attached hydrogens (primary N) is 1. The molecule has 0 spiro atoms. The van der Waals surface area contributed by atoms with Gasteiger partial charge in [0.1, 0.15) is 0 Å². The third-order valence-electron chi connectivity index (χ3n) is 3.08. The molecular weight excluding hydrogens is 520 g/mol. The van der Waals surface area contributed by atoms with E-state index in [-0.39, 0.29) is 0 Å². The lowest BCUT2D eigenvalue weighted by molar-refractivity contribution is -0.237. The summed E-state index contributed by atoms with van der Waals surface area (Å²) in [7, 11) is 0. The minimum atomic E-state index is 0.332. The molecule has 0 heterocycles. The highest BCUT2D eigenvalue weighted by Crippen LogP contribution is 1.83. The molecule has 0 aromatic rings. The lowest BCUT2D eigenvalue weighted by Crippen LogP contribution is -2.13.